The first-order valence-corrected chi connectivity index (χ1v) is 8.62. The standard InChI is InChI=1S/C18H37NO/c1-5-7-9-11-15-19(16-12-10-8-6-2)17-13-14-18(3,4)20/h13-14,20H,5-12,15-17H2,1-4H3. The Kier molecular flexibility index (Phi) is 12.2. The fourth-order valence-electron chi connectivity index (χ4n) is 2.31. The van der Waals surface area contributed by atoms with Crippen LogP contribution in [-0.4, -0.2) is 35.2 Å². The van der Waals surface area contributed by atoms with E-state index >= 15 is 0 Å². The Morgan fingerprint density at radius 1 is 0.850 bits per heavy atom. The quantitative estimate of drug-likeness (QED) is 0.388. The van der Waals surface area contributed by atoms with E-state index < -0.39 is 5.60 Å². The van der Waals surface area contributed by atoms with Crippen molar-refractivity contribution < 1.29 is 5.11 Å². The van der Waals surface area contributed by atoms with Gasteiger partial charge in [0.1, 0.15) is 0 Å². The molecule has 0 radical (unpaired) electrons. The zero-order valence-electron chi connectivity index (χ0n) is 14.3. The molecule has 0 aliphatic heterocycles. The Balaban J connectivity index is 4.00. The summed E-state index contributed by atoms with van der Waals surface area (Å²) in [5, 5.41) is 9.72. The maximum absolute atomic E-state index is 9.72. The van der Waals surface area contributed by atoms with Crippen molar-refractivity contribution in [2.24, 2.45) is 0 Å². The van der Waals surface area contributed by atoms with E-state index in [0.717, 1.165) is 6.54 Å². The van der Waals surface area contributed by atoms with E-state index in [9.17, 15) is 5.11 Å². The third-order valence-corrected chi connectivity index (χ3v) is 3.55. The van der Waals surface area contributed by atoms with E-state index in [1.807, 2.05) is 19.9 Å². The molecule has 0 bridgehead atoms. The molecule has 0 unspecified atom stereocenters. The van der Waals surface area contributed by atoms with Gasteiger partial charge in [-0.25, -0.2) is 0 Å². The lowest BCUT2D eigenvalue weighted by Gasteiger charge is -2.21. The monoisotopic (exact) mass is 283 g/mol. The van der Waals surface area contributed by atoms with Crippen molar-refractivity contribution in [1.29, 1.82) is 0 Å². The fourth-order valence-corrected chi connectivity index (χ4v) is 2.31. The second-order valence-corrected chi connectivity index (χ2v) is 6.48. The van der Waals surface area contributed by atoms with Crippen LogP contribution in [0.3, 0.4) is 0 Å². The molecule has 0 aliphatic carbocycles. The molecule has 0 saturated carbocycles. The molecule has 0 aromatic heterocycles. The van der Waals surface area contributed by atoms with Gasteiger partial charge in [0, 0.05) is 6.54 Å². The highest BCUT2D eigenvalue weighted by atomic mass is 16.3. The zero-order chi connectivity index (χ0) is 15.3. The van der Waals surface area contributed by atoms with Crippen LogP contribution >= 0.6 is 0 Å². The first kappa shape index (κ1) is 19.7. The smallest absolute Gasteiger partial charge is 0.0772 e. The highest BCUT2D eigenvalue weighted by Crippen LogP contribution is 2.07. The maximum atomic E-state index is 9.72. The molecule has 0 aromatic carbocycles. The lowest BCUT2D eigenvalue weighted by atomic mass is 10.1. The maximum Gasteiger partial charge on any atom is 0.0772 e. The third-order valence-electron chi connectivity index (χ3n) is 3.55. The van der Waals surface area contributed by atoms with Gasteiger partial charge in [-0.3, -0.25) is 4.90 Å². The lowest BCUT2D eigenvalue weighted by Crippen LogP contribution is -2.27. The molecule has 1 N–H and O–H groups in total. The first-order valence-electron chi connectivity index (χ1n) is 8.62. The second-order valence-electron chi connectivity index (χ2n) is 6.48. The summed E-state index contributed by atoms with van der Waals surface area (Å²) < 4.78 is 0. The molecule has 0 aliphatic rings. The molecule has 0 saturated heterocycles. The van der Waals surface area contributed by atoms with Crippen molar-refractivity contribution in [3.63, 3.8) is 0 Å². The number of unbranched alkanes of at least 4 members (excludes halogenated alkanes) is 6. The molecule has 2 nitrogen and oxygen atoms in total. The van der Waals surface area contributed by atoms with Crippen LogP contribution in [0.5, 0.6) is 0 Å². The van der Waals surface area contributed by atoms with Crippen molar-refractivity contribution in [3.05, 3.63) is 12.2 Å². The van der Waals surface area contributed by atoms with Crippen molar-refractivity contribution in [3.8, 4) is 0 Å². The van der Waals surface area contributed by atoms with Crippen molar-refractivity contribution in [2.75, 3.05) is 19.6 Å². The molecular formula is C18H37NO. The summed E-state index contributed by atoms with van der Waals surface area (Å²) in [7, 11) is 0. The lowest BCUT2D eigenvalue weighted by molar-refractivity contribution is 0.132. The average Bonchev–Trinajstić information content (AvgIpc) is 2.37. The third kappa shape index (κ3) is 14.1. The molecule has 0 rings (SSSR count). The molecule has 0 fully saturated rings. The summed E-state index contributed by atoms with van der Waals surface area (Å²) in [6.07, 6.45) is 14.6. The Bertz CT molecular complexity index is 218. The first-order chi connectivity index (χ1) is 9.49. The predicted octanol–water partition coefficient (Wildman–Crippen LogP) is 4.78. The van der Waals surface area contributed by atoms with Crippen LogP contribution in [0, 0.1) is 0 Å². The van der Waals surface area contributed by atoms with Gasteiger partial charge in [0.2, 0.25) is 0 Å². The minimum atomic E-state index is -0.684. The number of nitrogens with zero attached hydrogens (tertiary/aromatic N) is 1. The molecule has 0 atom stereocenters. The van der Waals surface area contributed by atoms with Gasteiger partial charge >= 0.3 is 0 Å². The Morgan fingerprint density at radius 2 is 1.35 bits per heavy atom. The summed E-state index contributed by atoms with van der Waals surface area (Å²) in [4.78, 5) is 2.54. The summed E-state index contributed by atoms with van der Waals surface area (Å²) >= 11 is 0. The highest BCUT2D eigenvalue weighted by molar-refractivity contribution is 4.96. The highest BCUT2D eigenvalue weighted by Gasteiger charge is 2.07. The van der Waals surface area contributed by atoms with Crippen LogP contribution in [-0.2, 0) is 0 Å². The number of hydrogen-bond acceptors (Lipinski definition) is 2. The van der Waals surface area contributed by atoms with Gasteiger partial charge in [-0.1, -0.05) is 64.5 Å². The minimum Gasteiger partial charge on any atom is -0.386 e. The van der Waals surface area contributed by atoms with Crippen LogP contribution in [0.1, 0.15) is 79.1 Å². The van der Waals surface area contributed by atoms with E-state index in [4.69, 9.17) is 0 Å². The molecule has 20 heavy (non-hydrogen) atoms. The Morgan fingerprint density at radius 3 is 1.75 bits per heavy atom. The molecule has 2 heteroatoms. The van der Waals surface area contributed by atoms with Gasteiger partial charge in [0.05, 0.1) is 5.60 Å². The van der Waals surface area contributed by atoms with E-state index in [-0.39, 0.29) is 0 Å². The summed E-state index contributed by atoms with van der Waals surface area (Å²) in [5.74, 6) is 0. The van der Waals surface area contributed by atoms with Gasteiger partial charge in [0.25, 0.3) is 0 Å². The Hall–Kier alpha value is -0.340. The van der Waals surface area contributed by atoms with Crippen molar-refractivity contribution >= 4 is 0 Å². The number of aliphatic hydroxyl groups is 1. The van der Waals surface area contributed by atoms with Gasteiger partial charge < -0.3 is 5.11 Å². The van der Waals surface area contributed by atoms with Crippen molar-refractivity contribution in [2.45, 2.75) is 84.7 Å². The summed E-state index contributed by atoms with van der Waals surface area (Å²) in [5.41, 5.74) is -0.684. The predicted molar refractivity (Wildman–Crippen MR) is 90.2 cm³/mol. The summed E-state index contributed by atoms with van der Waals surface area (Å²) in [6, 6.07) is 0. The van der Waals surface area contributed by atoms with Crippen molar-refractivity contribution in [1.82, 2.24) is 4.90 Å². The Labute approximate surface area is 127 Å². The SMILES string of the molecule is CCCCCCN(CC=CC(C)(C)O)CCCCCC. The number of hydrogen-bond donors (Lipinski definition) is 1. The molecule has 120 valence electrons. The minimum absolute atomic E-state index is 0.684. The topological polar surface area (TPSA) is 23.5 Å². The van der Waals surface area contributed by atoms with E-state index in [2.05, 4.69) is 24.8 Å². The van der Waals surface area contributed by atoms with Crippen LogP contribution in [0.15, 0.2) is 12.2 Å². The molecule has 0 amide bonds. The van der Waals surface area contributed by atoms with Gasteiger partial charge in [-0.2, -0.15) is 0 Å². The van der Waals surface area contributed by atoms with Crippen LogP contribution in [0.2, 0.25) is 0 Å². The second kappa shape index (κ2) is 12.4. The van der Waals surface area contributed by atoms with Crippen LogP contribution in [0.25, 0.3) is 0 Å². The molecule has 0 heterocycles. The van der Waals surface area contributed by atoms with Crippen LogP contribution < -0.4 is 0 Å². The van der Waals surface area contributed by atoms with Gasteiger partial charge in [-0.05, 0) is 39.8 Å². The largest absolute Gasteiger partial charge is 0.386 e. The summed E-state index contributed by atoms with van der Waals surface area (Å²) in [6.45, 7) is 11.5. The zero-order valence-corrected chi connectivity index (χ0v) is 14.3. The molecule has 0 spiro atoms. The fraction of sp³-hybridized carbons (Fsp3) is 0.889. The van der Waals surface area contributed by atoms with Gasteiger partial charge in [0.15, 0.2) is 0 Å². The molecule has 0 aromatic rings. The van der Waals surface area contributed by atoms with Crippen LogP contribution in [0.4, 0.5) is 0 Å². The van der Waals surface area contributed by atoms with Gasteiger partial charge in [-0.15, -0.1) is 0 Å². The molecular weight excluding hydrogens is 246 g/mol. The normalized spacial score (nSPS) is 12.7. The number of rotatable bonds is 13. The van der Waals surface area contributed by atoms with E-state index in [0.29, 0.717) is 0 Å². The average molecular weight is 284 g/mol. The van der Waals surface area contributed by atoms with E-state index in [1.54, 1.807) is 0 Å². The van der Waals surface area contributed by atoms with E-state index in [1.165, 1.54) is 64.5 Å².